The van der Waals surface area contributed by atoms with E-state index >= 15 is 0 Å². The normalized spacial score (nSPS) is 14.4. The van der Waals surface area contributed by atoms with Crippen LogP contribution in [0.5, 0.6) is 0 Å². The molecule has 0 aliphatic rings. The van der Waals surface area contributed by atoms with E-state index < -0.39 is 20.0 Å². The highest BCUT2D eigenvalue weighted by molar-refractivity contribution is 7.47. The summed E-state index contributed by atoms with van der Waals surface area (Å²) in [4.78, 5) is 37.6. The zero-order chi connectivity index (χ0) is 52.9. The summed E-state index contributed by atoms with van der Waals surface area (Å²) in [5, 5.41) is 3.00. The quantitative estimate of drug-likeness (QED) is 0.0205. The van der Waals surface area contributed by atoms with Gasteiger partial charge in [0, 0.05) is 12.8 Å². The third-order valence-electron chi connectivity index (χ3n) is 12.6. The number of rotatable bonds is 52. The zero-order valence-electron chi connectivity index (χ0n) is 47.4. The monoisotopic (exact) mass is 1030 g/mol. The molecule has 0 aromatic heterocycles. The van der Waals surface area contributed by atoms with Crippen LogP contribution < -0.4 is 5.32 Å². The molecular weight excluding hydrogens is 916 g/mol. The van der Waals surface area contributed by atoms with Crippen LogP contribution in [0.1, 0.15) is 245 Å². The van der Waals surface area contributed by atoms with Crippen LogP contribution in [-0.4, -0.2) is 74.3 Å². The van der Waals surface area contributed by atoms with Crippen molar-refractivity contribution in [3.05, 3.63) is 85.1 Å². The van der Waals surface area contributed by atoms with Crippen molar-refractivity contribution in [3.63, 3.8) is 0 Å². The molecule has 0 saturated carbocycles. The number of carbonyl (C=O) groups is 2. The molecule has 0 aliphatic heterocycles. The standard InChI is InChI=1S/C62H111N2O7P/c1-7-10-13-16-19-22-25-28-30-32-34-37-40-43-46-49-52-55-62(66)71-60(53-50-47-44-41-38-35-27-24-21-18-15-12-9-3)59(58-70-72(67,68)69-57-56-64(4,5)6)63-61(65)54-51-48-45-42-39-36-33-31-29-26-23-20-17-14-11-8-2/h11,14,20,23,28-31,36,39,45,48,50,53,59-60H,7-10,12-13,15-19,21-22,24-27,32-35,37-38,40-44,46-47,49,51-52,54-58H2,1-6H3,(H-,63,65,67,68)/p+1/b14-11+,23-20+,30-28+,31-29+,39-36+,48-45+,53-50+. The van der Waals surface area contributed by atoms with E-state index in [4.69, 9.17) is 13.8 Å². The summed E-state index contributed by atoms with van der Waals surface area (Å²) in [6.07, 6.45) is 67.4. The number of nitrogens with one attached hydrogen (secondary N) is 1. The molecule has 1 amide bonds. The molecule has 0 fully saturated rings. The minimum atomic E-state index is -4.47. The number of carbonyl (C=O) groups excluding carboxylic acids is 2. The van der Waals surface area contributed by atoms with Crippen molar-refractivity contribution < 1.29 is 37.3 Å². The Kier molecular flexibility index (Phi) is 49.6. The van der Waals surface area contributed by atoms with Gasteiger partial charge in [0.25, 0.3) is 0 Å². The molecule has 0 bridgehead atoms. The molecule has 0 aromatic rings. The number of unbranched alkanes of at least 4 members (excludes halogenated alkanes) is 24. The Hall–Kier alpha value is -2.81. The lowest BCUT2D eigenvalue weighted by atomic mass is 10.0. The lowest BCUT2D eigenvalue weighted by Gasteiger charge is -2.27. The van der Waals surface area contributed by atoms with E-state index in [1.165, 1.54) is 122 Å². The number of likely N-dealkylation sites (N-methyl/N-ethyl adjacent to an activating group) is 1. The first-order valence-corrected chi connectivity index (χ1v) is 30.9. The van der Waals surface area contributed by atoms with Crippen molar-refractivity contribution in [2.24, 2.45) is 0 Å². The number of ether oxygens (including phenoxy) is 1. The van der Waals surface area contributed by atoms with E-state index in [1.807, 2.05) is 39.4 Å². The van der Waals surface area contributed by atoms with Crippen LogP contribution in [0.3, 0.4) is 0 Å². The molecule has 0 aliphatic carbocycles. The van der Waals surface area contributed by atoms with E-state index in [2.05, 4.69) is 92.9 Å². The van der Waals surface area contributed by atoms with Gasteiger partial charge in [-0.15, -0.1) is 0 Å². The molecule has 2 N–H and O–H groups in total. The fraction of sp³-hybridized carbons (Fsp3) is 0.742. The molecule has 0 heterocycles. The first-order valence-electron chi connectivity index (χ1n) is 29.4. The molecule has 72 heavy (non-hydrogen) atoms. The van der Waals surface area contributed by atoms with Gasteiger partial charge >= 0.3 is 13.8 Å². The largest absolute Gasteiger partial charge is 0.472 e. The topological polar surface area (TPSA) is 111 Å². The molecule has 0 radical (unpaired) electrons. The second-order valence-corrected chi connectivity index (χ2v) is 22.2. The van der Waals surface area contributed by atoms with Crippen LogP contribution in [0.4, 0.5) is 0 Å². The number of amides is 1. The molecule has 3 unspecified atom stereocenters. The predicted octanol–water partition coefficient (Wildman–Crippen LogP) is 17.8. The smallest absolute Gasteiger partial charge is 0.456 e. The zero-order valence-corrected chi connectivity index (χ0v) is 48.3. The van der Waals surface area contributed by atoms with E-state index in [9.17, 15) is 19.0 Å². The predicted molar refractivity (Wildman–Crippen MR) is 309 cm³/mol. The Morgan fingerprint density at radius 3 is 1.36 bits per heavy atom. The fourth-order valence-electron chi connectivity index (χ4n) is 8.04. The summed E-state index contributed by atoms with van der Waals surface area (Å²) in [7, 11) is 1.44. The Balaban J connectivity index is 5.46. The van der Waals surface area contributed by atoms with Gasteiger partial charge in [-0.05, 0) is 89.5 Å². The van der Waals surface area contributed by atoms with Crippen LogP contribution in [0.25, 0.3) is 0 Å². The molecule has 0 rings (SSSR count). The fourth-order valence-corrected chi connectivity index (χ4v) is 8.77. The molecule has 416 valence electrons. The lowest BCUT2D eigenvalue weighted by molar-refractivity contribution is -0.870. The summed E-state index contributed by atoms with van der Waals surface area (Å²) in [6.45, 7) is 6.83. The number of hydrogen-bond acceptors (Lipinski definition) is 6. The van der Waals surface area contributed by atoms with Gasteiger partial charge in [-0.3, -0.25) is 18.6 Å². The highest BCUT2D eigenvalue weighted by Gasteiger charge is 2.30. The number of quaternary nitrogens is 1. The molecular formula is C62H112N2O7P+. The number of allylic oxidation sites excluding steroid dienone is 13. The van der Waals surface area contributed by atoms with E-state index in [0.29, 0.717) is 17.4 Å². The van der Waals surface area contributed by atoms with Gasteiger partial charge in [0.1, 0.15) is 19.3 Å². The van der Waals surface area contributed by atoms with E-state index in [-0.39, 0.29) is 37.9 Å². The van der Waals surface area contributed by atoms with Gasteiger partial charge in [-0.1, -0.05) is 228 Å². The molecule has 0 saturated heterocycles. The van der Waals surface area contributed by atoms with Gasteiger partial charge in [0.2, 0.25) is 5.91 Å². The Morgan fingerprint density at radius 2 is 0.903 bits per heavy atom. The highest BCUT2D eigenvalue weighted by atomic mass is 31.2. The summed E-state index contributed by atoms with van der Waals surface area (Å²) < 4.78 is 30.6. The number of hydrogen-bond donors (Lipinski definition) is 2. The SMILES string of the molecule is CC/C=C/C/C=C/C/C=C/C/C=C/C/C=C/CCC(=O)NC(COP(=O)(O)OCC[N+](C)(C)C)C(/C=C/CCCCCCCCCCCCC)OC(=O)CCCCCCCCC/C=C/CCCCCCCC. The molecule has 9 nitrogen and oxygen atoms in total. The van der Waals surface area contributed by atoms with Gasteiger partial charge < -0.3 is 19.4 Å². The first-order chi connectivity index (χ1) is 34.9. The molecule has 0 spiro atoms. The first kappa shape index (κ1) is 69.2. The van der Waals surface area contributed by atoms with Crippen molar-refractivity contribution in [2.45, 2.75) is 258 Å². The van der Waals surface area contributed by atoms with Gasteiger partial charge in [-0.2, -0.15) is 0 Å². The minimum absolute atomic E-state index is 0.0233. The number of nitrogens with zero attached hydrogens (tertiary/aromatic N) is 1. The number of phosphoric acid groups is 1. The van der Waals surface area contributed by atoms with Crippen LogP contribution >= 0.6 is 7.82 Å². The summed E-state index contributed by atoms with van der Waals surface area (Å²) in [5.41, 5.74) is 0. The Bertz CT molecular complexity index is 1510. The molecule has 10 heteroatoms. The second-order valence-electron chi connectivity index (χ2n) is 20.8. The van der Waals surface area contributed by atoms with Gasteiger partial charge in [0.15, 0.2) is 0 Å². The van der Waals surface area contributed by atoms with Crippen molar-refractivity contribution in [2.75, 3.05) is 40.9 Å². The van der Waals surface area contributed by atoms with Crippen molar-refractivity contribution in [1.82, 2.24) is 5.32 Å². The number of phosphoric ester groups is 1. The Morgan fingerprint density at radius 1 is 0.500 bits per heavy atom. The minimum Gasteiger partial charge on any atom is -0.456 e. The average molecular weight is 1030 g/mol. The highest BCUT2D eigenvalue weighted by Crippen LogP contribution is 2.43. The molecule has 3 atom stereocenters. The maximum Gasteiger partial charge on any atom is 0.472 e. The van der Waals surface area contributed by atoms with Crippen LogP contribution in [0.15, 0.2) is 85.1 Å². The summed E-state index contributed by atoms with van der Waals surface area (Å²) in [5.74, 6) is -0.608. The van der Waals surface area contributed by atoms with E-state index in [0.717, 1.165) is 83.5 Å². The van der Waals surface area contributed by atoms with Crippen LogP contribution in [0, 0.1) is 0 Å². The average Bonchev–Trinajstić information content (AvgIpc) is 3.34. The maximum absolute atomic E-state index is 13.5. The van der Waals surface area contributed by atoms with Crippen LogP contribution in [0.2, 0.25) is 0 Å². The Labute approximate surface area is 444 Å². The third-order valence-corrected chi connectivity index (χ3v) is 13.6. The third kappa shape index (κ3) is 52.1. The molecule has 0 aromatic carbocycles. The van der Waals surface area contributed by atoms with Crippen molar-refractivity contribution in [3.8, 4) is 0 Å². The van der Waals surface area contributed by atoms with Crippen molar-refractivity contribution in [1.29, 1.82) is 0 Å². The summed E-state index contributed by atoms with van der Waals surface area (Å²) >= 11 is 0. The van der Waals surface area contributed by atoms with Gasteiger partial charge in [-0.25, -0.2) is 4.57 Å². The van der Waals surface area contributed by atoms with Crippen LogP contribution in [-0.2, 0) is 27.9 Å². The maximum atomic E-state index is 13.5. The number of esters is 1. The van der Waals surface area contributed by atoms with Gasteiger partial charge in [0.05, 0.1) is 33.8 Å². The summed E-state index contributed by atoms with van der Waals surface area (Å²) in [6, 6.07) is -0.892. The lowest BCUT2D eigenvalue weighted by Crippen LogP contribution is -2.47. The second kappa shape index (κ2) is 51.7. The van der Waals surface area contributed by atoms with Crippen molar-refractivity contribution >= 4 is 19.7 Å². The van der Waals surface area contributed by atoms with E-state index in [1.54, 1.807) is 0 Å².